The first-order valence-corrected chi connectivity index (χ1v) is 6.78. The summed E-state index contributed by atoms with van der Waals surface area (Å²) in [4.78, 5) is 12.1. The first kappa shape index (κ1) is 14.5. The quantitative estimate of drug-likeness (QED) is 0.748. The highest BCUT2D eigenvalue weighted by Gasteiger charge is 2.35. The van der Waals surface area contributed by atoms with Crippen LogP contribution in [0.25, 0.3) is 0 Å². The molecule has 0 aromatic rings. The number of nitrogens with two attached hydrogens (primary N) is 1. The van der Waals surface area contributed by atoms with Gasteiger partial charge in [-0.2, -0.15) is 0 Å². The van der Waals surface area contributed by atoms with Crippen molar-refractivity contribution < 1.29 is 4.79 Å². The van der Waals surface area contributed by atoms with Crippen molar-refractivity contribution in [2.45, 2.75) is 53.4 Å². The van der Waals surface area contributed by atoms with Crippen molar-refractivity contribution in [1.82, 2.24) is 5.32 Å². The Hall–Kier alpha value is -0.570. The van der Waals surface area contributed by atoms with E-state index >= 15 is 0 Å². The Morgan fingerprint density at radius 1 is 1.29 bits per heavy atom. The topological polar surface area (TPSA) is 55.1 Å². The Kier molecular flexibility index (Phi) is 4.59. The van der Waals surface area contributed by atoms with Crippen LogP contribution >= 0.6 is 0 Å². The molecule has 1 rings (SSSR count). The van der Waals surface area contributed by atoms with Gasteiger partial charge in [-0.25, -0.2) is 0 Å². The predicted molar refractivity (Wildman–Crippen MR) is 71.6 cm³/mol. The molecule has 0 aliphatic heterocycles. The van der Waals surface area contributed by atoms with Crippen molar-refractivity contribution in [2.24, 2.45) is 22.5 Å². The summed E-state index contributed by atoms with van der Waals surface area (Å²) < 4.78 is 0. The van der Waals surface area contributed by atoms with Crippen LogP contribution < -0.4 is 11.1 Å². The number of hydrogen-bond donors (Lipinski definition) is 2. The van der Waals surface area contributed by atoms with Crippen LogP contribution in [-0.2, 0) is 4.79 Å². The Morgan fingerprint density at radius 2 is 1.88 bits per heavy atom. The maximum absolute atomic E-state index is 12.1. The number of amides is 1. The molecule has 1 aliphatic rings. The van der Waals surface area contributed by atoms with Crippen LogP contribution in [0.3, 0.4) is 0 Å². The fourth-order valence-electron chi connectivity index (χ4n) is 2.36. The molecular formula is C14H28N2O. The summed E-state index contributed by atoms with van der Waals surface area (Å²) in [7, 11) is 0. The van der Waals surface area contributed by atoms with E-state index in [1.807, 2.05) is 13.8 Å². The number of carbonyl (C=O) groups is 1. The minimum absolute atomic E-state index is 0.135. The van der Waals surface area contributed by atoms with Gasteiger partial charge in [0.1, 0.15) is 0 Å². The lowest BCUT2D eigenvalue weighted by molar-refractivity contribution is -0.130. The van der Waals surface area contributed by atoms with Crippen LogP contribution in [0.5, 0.6) is 0 Å². The zero-order chi connectivity index (χ0) is 13.1. The summed E-state index contributed by atoms with van der Waals surface area (Å²) in [5.41, 5.74) is 5.42. The molecule has 0 aromatic heterocycles. The second-order valence-corrected chi connectivity index (χ2v) is 6.72. The van der Waals surface area contributed by atoms with Crippen molar-refractivity contribution in [1.29, 1.82) is 0 Å². The van der Waals surface area contributed by atoms with E-state index < -0.39 is 0 Å². The van der Waals surface area contributed by atoms with E-state index in [9.17, 15) is 4.79 Å². The molecule has 1 saturated carbocycles. The third-order valence-corrected chi connectivity index (χ3v) is 4.30. The van der Waals surface area contributed by atoms with Crippen LogP contribution in [0.1, 0.15) is 53.4 Å². The fraction of sp³-hybridized carbons (Fsp3) is 0.929. The first-order valence-electron chi connectivity index (χ1n) is 6.78. The van der Waals surface area contributed by atoms with Crippen LogP contribution in [0.4, 0.5) is 0 Å². The molecular weight excluding hydrogens is 212 g/mol. The van der Waals surface area contributed by atoms with Gasteiger partial charge in [-0.3, -0.25) is 4.79 Å². The number of hydrogen-bond acceptors (Lipinski definition) is 2. The Balaban J connectivity index is 2.41. The third kappa shape index (κ3) is 3.70. The molecule has 0 unspecified atom stereocenters. The van der Waals surface area contributed by atoms with Crippen molar-refractivity contribution in [2.75, 3.05) is 13.1 Å². The summed E-state index contributed by atoms with van der Waals surface area (Å²) in [6.45, 7) is 9.79. The molecule has 1 fully saturated rings. The van der Waals surface area contributed by atoms with Gasteiger partial charge in [-0.05, 0) is 37.1 Å². The van der Waals surface area contributed by atoms with E-state index in [2.05, 4.69) is 19.2 Å². The fourth-order valence-corrected chi connectivity index (χ4v) is 2.36. The smallest absolute Gasteiger partial charge is 0.225 e. The zero-order valence-electron chi connectivity index (χ0n) is 11.8. The van der Waals surface area contributed by atoms with Gasteiger partial charge in [0.25, 0.3) is 0 Å². The Morgan fingerprint density at radius 3 is 2.29 bits per heavy atom. The molecule has 17 heavy (non-hydrogen) atoms. The van der Waals surface area contributed by atoms with Crippen LogP contribution in [0.2, 0.25) is 0 Å². The van der Waals surface area contributed by atoms with E-state index in [1.54, 1.807) is 0 Å². The average Bonchev–Trinajstić information content (AvgIpc) is 2.10. The van der Waals surface area contributed by atoms with Gasteiger partial charge in [-0.1, -0.05) is 34.1 Å². The molecule has 3 heteroatoms. The number of nitrogens with one attached hydrogen (secondary N) is 1. The van der Waals surface area contributed by atoms with Gasteiger partial charge in [0, 0.05) is 12.0 Å². The van der Waals surface area contributed by atoms with Crippen molar-refractivity contribution in [3.05, 3.63) is 0 Å². The largest absolute Gasteiger partial charge is 0.355 e. The van der Waals surface area contributed by atoms with Crippen molar-refractivity contribution >= 4 is 5.91 Å². The van der Waals surface area contributed by atoms with Crippen LogP contribution in [0, 0.1) is 16.7 Å². The van der Waals surface area contributed by atoms with E-state index in [0.29, 0.717) is 6.54 Å². The molecule has 0 aromatic carbocycles. The molecule has 0 bridgehead atoms. The Labute approximate surface area is 106 Å². The summed E-state index contributed by atoms with van der Waals surface area (Å²) in [6, 6.07) is 0. The molecule has 0 heterocycles. The second-order valence-electron chi connectivity index (χ2n) is 6.72. The van der Waals surface area contributed by atoms with Gasteiger partial charge < -0.3 is 11.1 Å². The standard InChI is InChI=1S/C14H28N2O/c1-13(2,8-9-15)12(17)16-10-14(3,4)11-6-5-7-11/h11H,5-10,15H2,1-4H3,(H,16,17). The van der Waals surface area contributed by atoms with Crippen LogP contribution in [-0.4, -0.2) is 19.0 Å². The van der Waals surface area contributed by atoms with Gasteiger partial charge in [-0.15, -0.1) is 0 Å². The van der Waals surface area contributed by atoms with Gasteiger partial charge in [0.15, 0.2) is 0 Å². The molecule has 0 radical (unpaired) electrons. The lowest BCUT2D eigenvalue weighted by Gasteiger charge is -2.41. The molecule has 0 spiro atoms. The van der Waals surface area contributed by atoms with E-state index in [4.69, 9.17) is 5.73 Å². The lowest BCUT2D eigenvalue weighted by atomic mass is 9.67. The highest BCUT2D eigenvalue weighted by molar-refractivity contribution is 5.81. The molecule has 1 amide bonds. The SMILES string of the molecule is CC(C)(CCN)C(=O)NCC(C)(C)C1CCC1. The molecule has 3 nitrogen and oxygen atoms in total. The van der Waals surface area contributed by atoms with E-state index in [-0.39, 0.29) is 16.7 Å². The predicted octanol–water partition coefficient (Wildman–Crippen LogP) is 2.30. The minimum atomic E-state index is -0.343. The molecule has 100 valence electrons. The average molecular weight is 240 g/mol. The first-order chi connectivity index (χ1) is 7.79. The Bertz CT molecular complexity index is 267. The normalized spacial score (nSPS) is 17.7. The number of rotatable bonds is 6. The second kappa shape index (κ2) is 5.38. The third-order valence-electron chi connectivity index (χ3n) is 4.30. The number of carbonyl (C=O) groups excluding carboxylic acids is 1. The summed E-state index contributed by atoms with van der Waals surface area (Å²) in [6.07, 6.45) is 4.72. The summed E-state index contributed by atoms with van der Waals surface area (Å²) in [5, 5.41) is 3.10. The molecule has 1 aliphatic carbocycles. The summed E-state index contributed by atoms with van der Waals surface area (Å²) in [5.74, 6) is 0.913. The van der Waals surface area contributed by atoms with Crippen LogP contribution in [0.15, 0.2) is 0 Å². The monoisotopic (exact) mass is 240 g/mol. The van der Waals surface area contributed by atoms with E-state index in [1.165, 1.54) is 19.3 Å². The molecule has 0 saturated heterocycles. The van der Waals surface area contributed by atoms with Gasteiger partial charge in [0.2, 0.25) is 5.91 Å². The summed E-state index contributed by atoms with van der Waals surface area (Å²) >= 11 is 0. The highest BCUT2D eigenvalue weighted by Crippen LogP contribution is 2.41. The van der Waals surface area contributed by atoms with Gasteiger partial charge in [0.05, 0.1) is 0 Å². The van der Waals surface area contributed by atoms with Crippen molar-refractivity contribution in [3.63, 3.8) is 0 Å². The maximum atomic E-state index is 12.1. The molecule has 3 N–H and O–H groups in total. The molecule has 0 atom stereocenters. The van der Waals surface area contributed by atoms with Crippen molar-refractivity contribution in [3.8, 4) is 0 Å². The zero-order valence-corrected chi connectivity index (χ0v) is 11.8. The highest BCUT2D eigenvalue weighted by atomic mass is 16.2. The minimum Gasteiger partial charge on any atom is -0.355 e. The van der Waals surface area contributed by atoms with E-state index in [0.717, 1.165) is 18.9 Å². The lowest BCUT2D eigenvalue weighted by Crippen LogP contribution is -2.45. The maximum Gasteiger partial charge on any atom is 0.225 e. The van der Waals surface area contributed by atoms with Gasteiger partial charge >= 0.3 is 0 Å².